The molecule has 0 bridgehead atoms. The molecule has 1 fully saturated rings. The first-order chi connectivity index (χ1) is 16.1. The second-order valence-corrected chi connectivity index (χ2v) is 10.1. The summed E-state index contributed by atoms with van der Waals surface area (Å²) in [6, 6.07) is 20.6. The van der Waals surface area contributed by atoms with Crippen LogP contribution in [0.15, 0.2) is 66.0 Å². The van der Waals surface area contributed by atoms with Gasteiger partial charge in [-0.25, -0.2) is 0 Å². The summed E-state index contributed by atoms with van der Waals surface area (Å²) < 4.78 is 0. The highest BCUT2D eigenvalue weighted by Gasteiger charge is 2.46. The zero-order valence-corrected chi connectivity index (χ0v) is 20.1. The van der Waals surface area contributed by atoms with E-state index in [1.54, 1.807) is 16.2 Å². The van der Waals surface area contributed by atoms with Crippen LogP contribution < -0.4 is 0 Å². The number of thiophene rings is 1. The zero-order valence-electron chi connectivity index (χ0n) is 19.2. The van der Waals surface area contributed by atoms with Gasteiger partial charge in [0, 0.05) is 23.9 Å². The van der Waals surface area contributed by atoms with E-state index in [1.807, 2.05) is 42.2 Å². The minimum Gasteiger partial charge on any atom is -0.333 e. The summed E-state index contributed by atoms with van der Waals surface area (Å²) in [5.41, 5.74) is 4.81. The fourth-order valence-electron chi connectivity index (χ4n) is 5.18. The summed E-state index contributed by atoms with van der Waals surface area (Å²) in [5, 5.41) is 2.13. The standard InChI is InChI=1S/C28H30N2O2S/c1-3-29(28(32)24-17-23(24)20-10-5-4-6-11-20)18-26(31)30-15-13-25-22(14-16-33-25)27(30)21-12-8-7-9-19(21)2/h4-12,14,16,23-24,27H,3,13,15,17-18H2,1-2H3. The summed E-state index contributed by atoms with van der Waals surface area (Å²) in [6.45, 7) is 5.46. The quantitative estimate of drug-likeness (QED) is 0.511. The predicted molar refractivity (Wildman–Crippen MR) is 132 cm³/mol. The van der Waals surface area contributed by atoms with Gasteiger partial charge in [0.25, 0.3) is 0 Å². The van der Waals surface area contributed by atoms with Gasteiger partial charge in [-0.05, 0) is 66.3 Å². The number of hydrogen-bond donors (Lipinski definition) is 0. The van der Waals surface area contributed by atoms with E-state index in [-0.39, 0.29) is 36.2 Å². The molecule has 1 aliphatic heterocycles. The Bertz CT molecular complexity index is 1160. The normalized spacial score (nSPS) is 21.4. The summed E-state index contributed by atoms with van der Waals surface area (Å²) in [7, 11) is 0. The Hall–Kier alpha value is -2.92. The number of amides is 2. The van der Waals surface area contributed by atoms with Gasteiger partial charge in [0.1, 0.15) is 0 Å². The van der Waals surface area contributed by atoms with Crippen LogP contribution in [0.4, 0.5) is 0 Å². The smallest absolute Gasteiger partial charge is 0.242 e. The van der Waals surface area contributed by atoms with E-state index in [9.17, 15) is 9.59 Å². The first-order valence-electron chi connectivity index (χ1n) is 11.8. The minimum atomic E-state index is -0.0829. The third kappa shape index (κ3) is 4.22. The van der Waals surface area contributed by atoms with Gasteiger partial charge in [0.2, 0.25) is 11.8 Å². The average molecular weight is 459 g/mol. The lowest BCUT2D eigenvalue weighted by Crippen LogP contribution is -2.47. The van der Waals surface area contributed by atoms with E-state index in [2.05, 4.69) is 42.6 Å². The lowest BCUT2D eigenvalue weighted by molar-refractivity contribution is -0.142. The van der Waals surface area contributed by atoms with E-state index < -0.39 is 0 Å². The molecule has 3 atom stereocenters. The SMILES string of the molecule is CCN(CC(=O)N1CCc2sccc2C1c1ccccc1C)C(=O)C1CC1c1ccccc1. The van der Waals surface area contributed by atoms with Crippen LogP contribution in [0.5, 0.6) is 0 Å². The topological polar surface area (TPSA) is 40.6 Å². The molecular weight excluding hydrogens is 428 g/mol. The van der Waals surface area contributed by atoms with Crippen LogP contribution in [0.2, 0.25) is 0 Å². The van der Waals surface area contributed by atoms with Crippen molar-refractivity contribution in [3.63, 3.8) is 0 Å². The summed E-state index contributed by atoms with van der Waals surface area (Å²) in [6.07, 6.45) is 1.75. The van der Waals surface area contributed by atoms with Gasteiger partial charge in [-0.15, -0.1) is 11.3 Å². The van der Waals surface area contributed by atoms with Crippen molar-refractivity contribution in [1.82, 2.24) is 9.80 Å². The molecule has 0 saturated heterocycles. The molecule has 33 heavy (non-hydrogen) atoms. The second kappa shape index (κ2) is 9.14. The number of benzene rings is 2. The summed E-state index contributed by atoms with van der Waals surface area (Å²) >= 11 is 1.77. The van der Waals surface area contributed by atoms with Gasteiger partial charge in [-0.3, -0.25) is 9.59 Å². The van der Waals surface area contributed by atoms with Crippen molar-refractivity contribution in [3.05, 3.63) is 93.2 Å². The molecule has 1 aliphatic carbocycles. The van der Waals surface area contributed by atoms with Crippen LogP contribution >= 0.6 is 11.3 Å². The van der Waals surface area contributed by atoms with Crippen LogP contribution in [0, 0.1) is 12.8 Å². The number of likely N-dealkylation sites (N-methyl/N-ethyl adjacent to an activating group) is 1. The van der Waals surface area contributed by atoms with Crippen molar-refractivity contribution in [2.24, 2.45) is 5.92 Å². The second-order valence-electron chi connectivity index (χ2n) is 9.11. The molecule has 1 aromatic heterocycles. The van der Waals surface area contributed by atoms with Crippen molar-refractivity contribution in [2.45, 2.75) is 38.6 Å². The molecule has 3 unspecified atom stereocenters. The lowest BCUT2D eigenvalue weighted by atomic mass is 9.90. The van der Waals surface area contributed by atoms with Crippen molar-refractivity contribution in [1.29, 1.82) is 0 Å². The molecule has 170 valence electrons. The molecule has 4 nitrogen and oxygen atoms in total. The van der Waals surface area contributed by atoms with Gasteiger partial charge in [-0.2, -0.15) is 0 Å². The first kappa shape index (κ1) is 21.9. The van der Waals surface area contributed by atoms with Crippen LogP contribution in [0.25, 0.3) is 0 Å². The Balaban J connectivity index is 1.34. The fraction of sp³-hybridized carbons (Fsp3) is 0.357. The Morgan fingerprint density at radius 1 is 1.03 bits per heavy atom. The van der Waals surface area contributed by atoms with E-state index >= 15 is 0 Å². The Morgan fingerprint density at radius 2 is 1.79 bits per heavy atom. The van der Waals surface area contributed by atoms with Crippen molar-refractivity contribution in [2.75, 3.05) is 19.6 Å². The number of fused-ring (bicyclic) bond motifs is 1. The van der Waals surface area contributed by atoms with Crippen LogP contribution in [-0.4, -0.2) is 41.2 Å². The maximum atomic E-state index is 13.6. The molecule has 2 aliphatic rings. The zero-order chi connectivity index (χ0) is 22.9. The van der Waals surface area contributed by atoms with Crippen LogP contribution in [0.3, 0.4) is 0 Å². The minimum absolute atomic E-state index is 0.00264. The number of aryl methyl sites for hydroxylation is 1. The summed E-state index contributed by atoms with van der Waals surface area (Å²) in [4.78, 5) is 32.0. The number of carbonyl (C=O) groups excluding carboxylic acids is 2. The molecule has 1 saturated carbocycles. The van der Waals surface area contributed by atoms with E-state index in [1.165, 1.54) is 27.1 Å². The van der Waals surface area contributed by atoms with Gasteiger partial charge in [-0.1, -0.05) is 54.6 Å². The molecule has 2 aromatic carbocycles. The first-order valence-corrected chi connectivity index (χ1v) is 12.7. The van der Waals surface area contributed by atoms with Crippen LogP contribution in [-0.2, 0) is 16.0 Å². The van der Waals surface area contributed by atoms with Crippen LogP contribution in [0.1, 0.15) is 52.4 Å². The van der Waals surface area contributed by atoms with Gasteiger partial charge in [0.15, 0.2) is 0 Å². The number of rotatable bonds is 6. The molecule has 5 rings (SSSR count). The van der Waals surface area contributed by atoms with Gasteiger partial charge < -0.3 is 9.80 Å². The van der Waals surface area contributed by atoms with Gasteiger partial charge in [0.05, 0.1) is 12.6 Å². The molecule has 5 heteroatoms. The molecule has 0 N–H and O–H groups in total. The van der Waals surface area contributed by atoms with Crippen molar-refractivity contribution < 1.29 is 9.59 Å². The molecule has 2 amide bonds. The third-order valence-electron chi connectivity index (χ3n) is 7.12. The highest BCUT2D eigenvalue weighted by Crippen LogP contribution is 2.48. The lowest BCUT2D eigenvalue weighted by Gasteiger charge is -2.38. The molecule has 2 heterocycles. The van der Waals surface area contributed by atoms with Crippen molar-refractivity contribution >= 4 is 23.2 Å². The summed E-state index contributed by atoms with van der Waals surface area (Å²) in [5.74, 6) is 0.427. The van der Waals surface area contributed by atoms with E-state index in [4.69, 9.17) is 0 Å². The fourth-order valence-corrected chi connectivity index (χ4v) is 6.09. The maximum Gasteiger partial charge on any atom is 0.242 e. The Morgan fingerprint density at radius 3 is 2.55 bits per heavy atom. The molecule has 3 aromatic rings. The van der Waals surface area contributed by atoms with E-state index in [0.29, 0.717) is 13.1 Å². The molecular formula is C28H30N2O2S. The maximum absolute atomic E-state index is 13.6. The highest BCUT2D eigenvalue weighted by molar-refractivity contribution is 7.10. The number of carbonyl (C=O) groups is 2. The molecule has 0 radical (unpaired) electrons. The third-order valence-corrected chi connectivity index (χ3v) is 8.12. The monoisotopic (exact) mass is 458 g/mol. The average Bonchev–Trinajstić information content (AvgIpc) is 3.51. The van der Waals surface area contributed by atoms with Crippen molar-refractivity contribution in [3.8, 4) is 0 Å². The molecule has 0 spiro atoms. The number of nitrogens with zero attached hydrogens (tertiary/aromatic N) is 2. The Labute approximate surface area is 199 Å². The number of hydrogen-bond acceptors (Lipinski definition) is 3. The predicted octanol–water partition coefficient (Wildman–Crippen LogP) is 5.18. The Kier molecular flexibility index (Phi) is 6.07. The largest absolute Gasteiger partial charge is 0.333 e. The van der Waals surface area contributed by atoms with Gasteiger partial charge >= 0.3 is 0 Å². The van der Waals surface area contributed by atoms with E-state index in [0.717, 1.165) is 12.8 Å². The highest BCUT2D eigenvalue weighted by atomic mass is 32.1.